The molecule has 0 unspecified atom stereocenters. The number of rotatable bonds is 3. The molecule has 0 fully saturated rings. The second-order valence-electron chi connectivity index (χ2n) is 6.56. The molecule has 1 aromatic rings. The third-order valence-corrected chi connectivity index (χ3v) is 2.87. The van der Waals surface area contributed by atoms with Gasteiger partial charge in [-0.1, -0.05) is 27.7 Å². The summed E-state index contributed by atoms with van der Waals surface area (Å²) in [7, 11) is 0. The van der Waals surface area contributed by atoms with Crippen LogP contribution in [0.4, 0.5) is 0 Å². The van der Waals surface area contributed by atoms with Crippen molar-refractivity contribution in [2.45, 2.75) is 66.3 Å². The van der Waals surface area contributed by atoms with Crippen molar-refractivity contribution in [2.24, 2.45) is 5.92 Å². The van der Waals surface area contributed by atoms with Crippen LogP contribution in [0.15, 0.2) is 4.79 Å². The van der Waals surface area contributed by atoms with Crippen LogP contribution in [0.2, 0.25) is 0 Å². The zero-order valence-electron chi connectivity index (χ0n) is 12.2. The fourth-order valence-electron chi connectivity index (χ4n) is 2.22. The van der Waals surface area contributed by atoms with Crippen molar-refractivity contribution in [3.8, 4) is 0 Å². The summed E-state index contributed by atoms with van der Waals surface area (Å²) in [5, 5.41) is 3.00. The molecule has 1 aromatic heterocycles. The number of hydrogen-bond acceptors (Lipinski definition) is 1. The highest BCUT2D eigenvalue weighted by Gasteiger charge is 2.24. The molecule has 3 heteroatoms. The van der Waals surface area contributed by atoms with E-state index in [1.165, 1.54) is 0 Å². The summed E-state index contributed by atoms with van der Waals surface area (Å²) in [5.74, 6) is 0.867. The van der Waals surface area contributed by atoms with Gasteiger partial charge in [0.05, 0.1) is 5.54 Å². The second kappa shape index (κ2) is 4.71. The van der Waals surface area contributed by atoms with Crippen molar-refractivity contribution in [2.75, 3.05) is 0 Å². The number of aromatic nitrogens is 2. The van der Waals surface area contributed by atoms with E-state index in [0.717, 1.165) is 17.7 Å². The van der Waals surface area contributed by atoms with Crippen molar-refractivity contribution in [3.05, 3.63) is 21.6 Å². The second-order valence-corrected chi connectivity index (χ2v) is 6.56. The van der Waals surface area contributed by atoms with E-state index < -0.39 is 0 Å². The summed E-state index contributed by atoms with van der Waals surface area (Å²) in [4.78, 5) is 12.1. The van der Waals surface area contributed by atoms with E-state index in [1.54, 1.807) is 0 Å². The molecule has 0 aliphatic heterocycles. The van der Waals surface area contributed by atoms with Crippen molar-refractivity contribution < 1.29 is 0 Å². The molecule has 0 radical (unpaired) electrons. The Bertz CT molecular complexity index is 430. The molecule has 0 saturated heterocycles. The fourth-order valence-corrected chi connectivity index (χ4v) is 2.22. The molecular formula is C14H26N2O. The molecule has 1 heterocycles. The van der Waals surface area contributed by atoms with Crippen LogP contribution in [0.1, 0.15) is 65.6 Å². The Morgan fingerprint density at radius 2 is 1.71 bits per heavy atom. The van der Waals surface area contributed by atoms with Gasteiger partial charge in [-0.15, -0.1) is 0 Å². The highest BCUT2D eigenvalue weighted by Crippen LogP contribution is 2.24. The first-order chi connectivity index (χ1) is 7.64. The van der Waals surface area contributed by atoms with Crippen LogP contribution in [-0.2, 0) is 12.0 Å². The van der Waals surface area contributed by atoms with Gasteiger partial charge >= 0.3 is 0 Å². The molecule has 98 valence electrons. The predicted molar refractivity (Wildman–Crippen MR) is 72.7 cm³/mol. The topological polar surface area (TPSA) is 37.8 Å². The van der Waals surface area contributed by atoms with Crippen molar-refractivity contribution in [1.82, 2.24) is 9.78 Å². The van der Waals surface area contributed by atoms with Gasteiger partial charge in [0.1, 0.15) is 0 Å². The van der Waals surface area contributed by atoms with Crippen molar-refractivity contribution >= 4 is 0 Å². The van der Waals surface area contributed by atoms with Gasteiger partial charge in [0.2, 0.25) is 0 Å². The lowest BCUT2D eigenvalue weighted by Crippen LogP contribution is -2.26. The molecule has 0 atom stereocenters. The van der Waals surface area contributed by atoms with E-state index in [1.807, 2.05) is 4.68 Å². The number of hydrogen-bond donors (Lipinski definition) is 1. The lowest BCUT2D eigenvalue weighted by Gasteiger charge is -2.25. The molecule has 1 N–H and O–H groups in total. The Hall–Kier alpha value is -0.990. The number of aromatic amines is 1. The third kappa shape index (κ3) is 3.02. The summed E-state index contributed by atoms with van der Waals surface area (Å²) < 4.78 is 2.04. The molecule has 3 nitrogen and oxygen atoms in total. The zero-order valence-corrected chi connectivity index (χ0v) is 12.2. The fraction of sp³-hybridized carbons (Fsp3) is 0.786. The SMILES string of the molecule is CC(C)Cc1c(C(C)C)n(C(C)(C)C)[nH]c1=O. The van der Waals surface area contributed by atoms with Crippen LogP contribution in [-0.4, -0.2) is 9.78 Å². The Morgan fingerprint density at radius 3 is 2.06 bits per heavy atom. The maximum absolute atomic E-state index is 12.1. The van der Waals surface area contributed by atoms with Gasteiger partial charge in [0.25, 0.3) is 5.56 Å². The molecule has 0 saturated carbocycles. The molecule has 0 spiro atoms. The quantitative estimate of drug-likeness (QED) is 0.862. The van der Waals surface area contributed by atoms with Gasteiger partial charge < -0.3 is 0 Å². The highest BCUT2D eigenvalue weighted by molar-refractivity contribution is 5.23. The van der Waals surface area contributed by atoms with E-state index in [9.17, 15) is 4.79 Å². The zero-order chi connectivity index (χ0) is 13.4. The van der Waals surface area contributed by atoms with Crippen LogP contribution >= 0.6 is 0 Å². The van der Waals surface area contributed by atoms with Crippen LogP contribution in [0.5, 0.6) is 0 Å². The largest absolute Gasteiger partial charge is 0.283 e. The van der Waals surface area contributed by atoms with Crippen LogP contribution in [0.3, 0.4) is 0 Å². The van der Waals surface area contributed by atoms with E-state index in [0.29, 0.717) is 11.8 Å². The lowest BCUT2D eigenvalue weighted by atomic mass is 9.97. The summed E-state index contributed by atoms with van der Waals surface area (Å²) in [6.07, 6.45) is 0.853. The summed E-state index contributed by atoms with van der Waals surface area (Å²) in [6.45, 7) is 15.0. The average molecular weight is 238 g/mol. The predicted octanol–water partition coefficient (Wildman–Crippen LogP) is 3.25. The minimum atomic E-state index is -0.0754. The smallest absolute Gasteiger partial charge is 0.267 e. The minimum absolute atomic E-state index is 0.0754. The Balaban J connectivity index is 3.40. The molecule has 17 heavy (non-hydrogen) atoms. The van der Waals surface area contributed by atoms with Crippen LogP contribution in [0, 0.1) is 5.92 Å². The first-order valence-electron chi connectivity index (χ1n) is 6.48. The number of H-pyrrole nitrogens is 1. The van der Waals surface area contributed by atoms with Gasteiger partial charge in [-0.3, -0.25) is 14.6 Å². The average Bonchev–Trinajstić information content (AvgIpc) is 2.42. The number of nitrogens with one attached hydrogen (secondary N) is 1. The molecular weight excluding hydrogens is 212 g/mol. The molecule has 1 rings (SSSR count). The first kappa shape index (κ1) is 14.1. The van der Waals surface area contributed by atoms with Gasteiger partial charge in [0.15, 0.2) is 0 Å². The maximum atomic E-state index is 12.1. The molecule has 0 bridgehead atoms. The van der Waals surface area contributed by atoms with Gasteiger partial charge in [0, 0.05) is 11.3 Å². The minimum Gasteiger partial charge on any atom is -0.283 e. The summed E-state index contributed by atoms with van der Waals surface area (Å²) in [5.41, 5.74) is 2.13. The van der Waals surface area contributed by atoms with Crippen molar-refractivity contribution in [3.63, 3.8) is 0 Å². The van der Waals surface area contributed by atoms with Gasteiger partial charge in [-0.2, -0.15) is 0 Å². The van der Waals surface area contributed by atoms with E-state index >= 15 is 0 Å². The normalized spacial score (nSPS) is 12.8. The number of nitrogens with zero attached hydrogens (tertiary/aromatic N) is 1. The first-order valence-corrected chi connectivity index (χ1v) is 6.48. The Labute approximate surface area is 104 Å². The van der Waals surface area contributed by atoms with E-state index in [-0.39, 0.29) is 11.1 Å². The Kier molecular flexibility index (Phi) is 3.90. The Morgan fingerprint density at radius 1 is 1.18 bits per heavy atom. The molecule has 0 amide bonds. The monoisotopic (exact) mass is 238 g/mol. The summed E-state index contributed by atoms with van der Waals surface area (Å²) >= 11 is 0. The van der Waals surface area contributed by atoms with Crippen molar-refractivity contribution in [1.29, 1.82) is 0 Å². The third-order valence-electron chi connectivity index (χ3n) is 2.87. The van der Waals surface area contributed by atoms with Crippen LogP contribution < -0.4 is 5.56 Å². The molecule has 0 aromatic carbocycles. The van der Waals surface area contributed by atoms with E-state index in [4.69, 9.17) is 0 Å². The van der Waals surface area contributed by atoms with E-state index in [2.05, 4.69) is 53.6 Å². The maximum Gasteiger partial charge on any atom is 0.267 e. The highest BCUT2D eigenvalue weighted by atomic mass is 16.1. The lowest BCUT2D eigenvalue weighted by molar-refractivity contribution is 0.336. The van der Waals surface area contributed by atoms with Gasteiger partial charge in [-0.25, -0.2) is 0 Å². The standard InChI is InChI=1S/C14H26N2O/c1-9(2)8-11-12(10(3)4)16(14(5,6)7)15-13(11)17/h9-10H,8H2,1-7H3,(H,15,17). The molecule has 0 aliphatic rings. The molecule has 0 aliphatic carbocycles. The van der Waals surface area contributed by atoms with Crippen LogP contribution in [0.25, 0.3) is 0 Å². The summed E-state index contributed by atoms with van der Waals surface area (Å²) in [6, 6.07) is 0. The van der Waals surface area contributed by atoms with Gasteiger partial charge in [-0.05, 0) is 39.0 Å².